The van der Waals surface area contributed by atoms with Crippen LogP contribution in [-0.4, -0.2) is 28.2 Å². The summed E-state index contributed by atoms with van der Waals surface area (Å²) in [6.45, 7) is 9.45. The van der Waals surface area contributed by atoms with E-state index in [1.54, 1.807) is 31.2 Å². The van der Waals surface area contributed by atoms with Crippen LogP contribution in [0.5, 0.6) is 0 Å². The third kappa shape index (κ3) is 2.98. The Bertz CT molecular complexity index is 583. The van der Waals surface area contributed by atoms with Gasteiger partial charge >= 0.3 is 7.12 Å². The highest BCUT2D eigenvalue weighted by Gasteiger charge is 2.50. The Hall–Kier alpha value is -1.73. The number of aromatic nitrogens is 1. The molecular weight excluding hydrogens is 271 g/mol. The van der Waals surface area contributed by atoms with Crippen molar-refractivity contribution in [2.45, 2.75) is 45.8 Å². The summed E-state index contributed by atoms with van der Waals surface area (Å²) in [5.41, 5.74) is 0.0213. The molecule has 21 heavy (non-hydrogen) atoms. The zero-order valence-corrected chi connectivity index (χ0v) is 12.9. The maximum atomic E-state index is 11.1. The molecule has 1 aromatic rings. The van der Waals surface area contributed by atoms with Crippen molar-refractivity contribution in [3.05, 3.63) is 39.6 Å². The van der Waals surface area contributed by atoms with Crippen molar-refractivity contribution in [1.82, 2.24) is 4.98 Å². The van der Waals surface area contributed by atoms with Gasteiger partial charge in [-0.3, -0.25) is 15.1 Å². The van der Waals surface area contributed by atoms with Gasteiger partial charge in [-0.25, -0.2) is 0 Å². The van der Waals surface area contributed by atoms with Crippen LogP contribution in [0.4, 0.5) is 5.69 Å². The second kappa shape index (κ2) is 5.24. The topological polar surface area (TPSA) is 74.5 Å². The standard InChI is InChI=1S/C14H19BN2O4/c1-10-12(17(18)19)11(7-9-16-10)6-8-15-20-13(2,3)14(4,5)21-15/h6-9H,1-5H3/b8-6+. The molecule has 112 valence electrons. The second-order valence-corrected chi connectivity index (χ2v) is 6.08. The first-order valence-electron chi connectivity index (χ1n) is 6.78. The third-order valence-electron chi connectivity index (χ3n) is 4.03. The van der Waals surface area contributed by atoms with Crippen molar-refractivity contribution >= 4 is 18.9 Å². The highest BCUT2D eigenvalue weighted by atomic mass is 16.7. The van der Waals surface area contributed by atoms with E-state index in [1.807, 2.05) is 27.7 Å². The Kier molecular flexibility index (Phi) is 3.90. The van der Waals surface area contributed by atoms with Crippen LogP contribution in [0.25, 0.3) is 6.08 Å². The maximum Gasteiger partial charge on any atom is 0.487 e. The van der Waals surface area contributed by atoms with Gasteiger partial charge in [-0.2, -0.15) is 0 Å². The molecule has 0 amide bonds. The van der Waals surface area contributed by atoms with Crippen LogP contribution in [0.15, 0.2) is 18.2 Å². The van der Waals surface area contributed by atoms with Crippen LogP contribution in [-0.2, 0) is 9.31 Å². The van der Waals surface area contributed by atoms with E-state index in [1.165, 1.54) is 0 Å². The zero-order valence-electron chi connectivity index (χ0n) is 12.9. The summed E-state index contributed by atoms with van der Waals surface area (Å²) in [4.78, 5) is 14.6. The summed E-state index contributed by atoms with van der Waals surface area (Å²) in [7, 11) is -0.525. The minimum atomic E-state index is -0.525. The molecule has 0 atom stereocenters. The van der Waals surface area contributed by atoms with Gasteiger partial charge in [0.2, 0.25) is 0 Å². The summed E-state index contributed by atoms with van der Waals surface area (Å²) in [6, 6.07) is 1.60. The number of aryl methyl sites for hydroxylation is 1. The largest absolute Gasteiger partial charge is 0.487 e. The summed E-state index contributed by atoms with van der Waals surface area (Å²) in [6.07, 6.45) is 3.20. The molecule has 0 saturated carbocycles. The number of rotatable bonds is 3. The molecule has 1 aliphatic heterocycles. The van der Waals surface area contributed by atoms with Gasteiger partial charge in [0.25, 0.3) is 5.69 Å². The number of hydrogen-bond donors (Lipinski definition) is 0. The number of pyridine rings is 1. The highest BCUT2D eigenvalue weighted by molar-refractivity contribution is 6.52. The summed E-state index contributed by atoms with van der Waals surface area (Å²) in [5.74, 6) is 1.69. The molecule has 0 bridgehead atoms. The lowest BCUT2D eigenvalue weighted by atomic mass is 9.89. The monoisotopic (exact) mass is 290 g/mol. The smallest absolute Gasteiger partial charge is 0.400 e. The fourth-order valence-corrected chi connectivity index (χ4v) is 2.10. The molecular formula is C14H19BN2O4. The van der Waals surface area contributed by atoms with Crippen molar-refractivity contribution < 1.29 is 14.2 Å². The Morgan fingerprint density at radius 1 is 1.29 bits per heavy atom. The van der Waals surface area contributed by atoms with Crippen LogP contribution in [0.2, 0.25) is 0 Å². The van der Waals surface area contributed by atoms with Crippen molar-refractivity contribution in [3.8, 4) is 0 Å². The number of nitrogens with zero attached hydrogens (tertiary/aromatic N) is 2. The molecule has 0 aromatic carbocycles. The Morgan fingerprint density at radius 3 is 2.38 bits per heavy atom. The normalized spacial score (nSPS) is 20.1. The first-order valence-corrected chi connectivity index (χ1v) is 6.78. The molecule has 1 fully saturated rings. The van der Waals surface area contributed by atoms with Gasteiger partial charge < -0.3 is 9.31 Å². The van der Waals surface area contributed by atoms with Gasteiger partial charge in [0.1, 0.15) is 5.69 Å². The number of nitro groups is 1. The lowest BCUT2D eigenvalue weighted by Crippen LogP contribution is -2.41. The predicted molar refractivity (Wildman–Crippen MR) is 80.7 cm³/mol. The van der Waals surface area contributed by atoms with Crippen LogP contribution in [0, 0.1) is 17.0 Å². The van der Waals surface area contributed by atoms with E-state index in [4.69, 9.17) is 9.31 Å². The lowest BCUT2D eigenvalue weighted by molar-refractivity contribution is -0.385. The van der Waals surface area contributed by atoms with Crippen LogP contribution in [0.1, 0.15) is 39.0 Å². The zero-order chi connectivity index (χ0) is 15.8. The van der Waals surface area contributed by atoms with E-state index in [0.29, 0.717) is 11.3 Å². The maximum absolute atomic E-state index is 11.1. The third-order valence-corrected chi connectivity index (χ3v) is 4.03. The molecule has 6 nitrogen and oxygen atoms in total. The fraction of sp³-hybridized carbons (Fsp3) is 0.500. The Labute approximate surface area is 124 Å². The molecule has 0 unspecified atom stereocenters. The summed E-state index contributed by atoms with van der Waals surface area (Å²) >= 11 is 0. The minimum Gasteiger partial charge on any atom is -0.400 e. The van der Waals surface area contributed by atoms with Crippen molar-refractivity contribution in [2.75, 3.05) is 0 Å². The minimum absolute atomic E-state index is 0.00488. The predicted octanol–water partition coefficient (Wildman–Crippen LogP) is 2.94. The van der Waals surface area contributed by atoms with Crippen LogP contribution < -0.4 is 0 Å². The first kappa shape index (κ1) is 15.7. The fourth-order valence-electron chi connectivity index (χ4n) is 2.10. The quantitative estimate of drug-likeness (QED) is 0.486. The molecule has 0 spiro atoms. The van der Waals surface area contributed by atoms with Crippen molar-refractivity contribution in [3.63, 3.8) is 0 Å². The highest BCUT2D eigenvalue weighted by Crippen LogP contribution is 2.37. The molecule has 7 heteroatoms. The van der Waals surface area contributed by atoms with Gasteiger partial charge in [-0.05, 0) is 40.7 Å². The average molecular weight is 290 g/mol. The van der Waals surface area contributed by atoms with E-state index in [0.717, 1.165) is 0 Å². The molecule has 1 saturated heterocycles. The van der Waals surface area contributed by atoms with Gasteiger partial charge in [0.15, 0.2) is 0 Å². The Balaban J connectivity index is 2.24. The van der Waals surface area contributed by atoms with Gasteiger partial charge in [-0.1, -0.05) is 12.1 Å². The average Bonchev–Trinajstić information content (AvgIpc) is 2.54. The van der Waals surface area contributed by atoms with Gasteiger partial charge in [0, 0.05) is 6.20 Å². The molecule has 0 N–H and O–H groups in total. The van der Waals surface area contributed by atoms with Gasteiger partial charge in [0.05, 0.1) is 21.7 Å². The molecule has 1 aliphatic rings. The summed E-state index contributed by atoms with van der Waals surface area (Å²) < 4.78 is 11.6. The SMILES string of the molecule is Cc1nccc(/C=C/B2OC(C)(C)C(C)(C)O2)c1[N+](=O)[O-]. The Morgan fingerprint density at radius 2 is 1.86 bits per heavy atom. The first-order chi connectivity index (χ1) is 9.64. The van der Waals surface area contributed by atoms with E-state index in [9.17, 15) is 10.1 Å². The molecule has 2 rings (SSSR count). The van der Waals surface area contributed by atoms with Gasteiger partial charge in [-0.15, -0.1) is 0 Å². The van der Waals surface area contributed by atoms with Crippen LogP contribution in [0.3, 0.4) is 0 Å². The second-order valence-electron chi connectivity index (χ2n) is 6.08. The van der Waals surface area contributed by atoms with E-state index in [2.05, 4.69) is 4.98 Å². The van der Waals surface area contributed by atoms with E-state index >= 15 is 0 Å². The van der Waals surface area contributed by atoms with Crippen molar-refractivity contribution in [1.29, 1.82) is 0 Å². The molecule has 0 radical (unpaired) electrons. The van der Waals surface area contributed by atoms with Crippen molar-refractivity contribution in [2.24, 2.45) is 0 Å². The molecule has 0 aliphatic carbocycles. The van der Waals surface area contributed by atoms with Crippen LogP contribution >= 0.6 is 0 Å². The number of hydrogen-bond acceptors (Lipinski definition) is 5. The molecule has 1 aromatic heterocycles. The lowest BCUT2D eigenvalue weighted by Gasteiger charge is -2.32. The van der Waals surface area contributed by atoms with E-state index in [-0.39, 0.29) is 5.69 Å². The summed E-state index contributed by atoms with van der Waals surface area (Å²) in [5, 5.41) is 11.1. The molecule has 2 heterocycles. The van der Waals surface area contributed by atoms with E-state index < -0.39 is 23.2 Å².